The third-order valence-corrected chi connectivity index (χ3v) is 2.69. The van der Waals surface area contributed by atoms with E-state index in [0.29, 0.717) is 17.3 Å². The van der Waals surface area contributed by atoms with Gasteiger partial charge in [0, 0.05) is 11.3 Å². The molecule has 0 unspecified atom stereocenters. The molecule has 0 fully saturated rings. The predicted octanol–water partition coefficient (Wildman–Crippen LogP) is 4.01. The van der Waals surface area contributed by atoms with Gasteiger partial charge in [0.25, 0.3) is 0 Å². The van der Waals surface area contributed by atoms with Crippen LogP contribution in [-0.2, 0) is 12.8 Å². The van der Waals surface area contributed by atoms with Crippen LogP contribution in [0.1, 0.15) is 11.1 Å². The molecule has 0 saturated carbocycles. The number of nitrogen functional groups attached to an aromatic ring is 1. The molecule has 2 N–H and O–H groups in total. The van der Waals surface area contributed by atoms with Gasteiger partial charge in [-0.2, -0.15) is 13.2 Å². The first-order chi connectivity index (χ1) is 9.38. The average molecular weight is 285 g/mol. The van der Waals surface area contributed by atoms with Crippen molar-refractivity contribution in [2.75, 3.05) is 5.73 Å². The van der Waals surface area contributed by atoms with Crippen molar-refractivity contribution in [2.45, 2.75) is 12.8 Å². The summed E-state index contributed by atoms with van der Waals surface area (Å²) in [5.74, 6) is -1.40. The highest BCUT2D eigenvalue weighted by atomic mass is 19.4. The van der Waals surface area contributed by atoms with Gasteiger partial charge in [0.15, 0.2) is 0 Å². The van der Waals surface area contributed by atoms with E-state index in [4.69, 9.17) is 10.5 Å². The molecule has 6 heteroatoms. The summed E-state index contributed by atoms with van der Waals surface area (Å²) in [5, 5.41) is 0. The quantitative estimate of drug-likeness (QED) is 0.683. The first-order valence-electron chi connectivity index (χ1n) is 5.71. The van der Waals surface area contributed by atoms with E-state index in [0.717, 1.165) is 12.1 Å². The van der Waals surface area contributed by atoms with E-state index in [1.54, 1.807) is 24.3 Å². The summed E-state index contributed by atoms with van der Waals surface area (Å²) in [6.07, 6.45) is -4.75. The summed E-state index contributed by atoms with van der Waals surface area (Å²) < 4.78 is 55.9. The third-order valence-electron chi connectivity index (χ3n) is 2.69. The number of halogens is 4. The Morgan fingerprint density at radius 3 is 2.40 bits per heavy atom. The number of hydrogen-bond acceptors (Lipinski definition) is 2. The van der Waals surface area contributed by atoms with Crippen molar-refractivity contribution < 1.29 is 22.3 Å². The zero-order chi connectivity index (χ0) is 14.8. The summed E-state index contributed by atoms with van der Waals surface area (Å²) in [7, 11) is 0. The van der Waals surface area contributed by atoms with Gasteiger partial charge in [0.2, 0.25) is 0 Å². The number of nitrogens with two attached hydrogens (primary N) is 1. The molecular formula is C14H11F4NO. The molecule has 106 valence electrons. The maximum Gasteiger partial charge on any atom is 0.419 e. The van der Waals surface area contributed by atoms with Gasteiger partial charge in [0.1, 0.15) is 18.2 Å². The SMILES string of the molecule is Nc1ccccc1COc1ccc(F)c(C(F)(F)F)c1. The Morgan fingerprint density at radius 1 is 1.05 bits per heavy atom. The fourth-order valence-corrected chi connectivity index (χ4v) is 1.64. The molecule has 0 bridgehead atoms. The minimum atomic E-state index is -4.75. The van der Waals surface area contributed by atoms with Gasteiger partial charge >= 0.3 is 6.18 Å². The van der Waals surface area contributed by atoms with Gasteiger partial charge in [-0.1, -0.05) is 18.2 Å². The predicted molar refractivity (Wildman–Crippen MR) is 66.6 cm³/mol. The Balaban J connectivity index is 2.17. The fraction of sp³-hybridized carbons (Fsp3) is 0.143. The molecule has 2 rings (SSSR count). The summed E-state index contributed by atoms with van der Waals surface area (Å²) in [4.78, 5) is 0. The molecule has 0 atom stereocenters. The van der Waals surface area contributed by atoms with Crippen LogP contribution in [0.15, 0.2) is 42.5 Å². The molecule has 0 aliphatic heterocycles. The van der Waals surface area contributed by atoms with Gasteiger partial charge in [-0.3, -0.25) is 0 Å². The van der Waals surface area contributed by atoms with Crippen LogP contribution in [0, 0.1) is 5.82 Å². The molecular weight excluding hydrogens is 274 g/mol. The minimum absolute atomic E-state index is 0.00953. The van der Waals surface area contributed by atoms with Crippen molar-refractivity contribution in [3.05, 3.63) is 59.4 Å². The largest absolute Gasteiger partial charge is 0.489 e. The lowest BCUT2D eigenvalue weighted by Crippen LogP contribution is -2.08. The van der Waals surface area contributed by atoms with Crippen molar-refractivity contribution in [1.29, 1.82) is 0 Å². The first kappa shape index (κ1) is 14.2. The van der Waals surface area contributed by atoms with Crippen molar-refractivity contribution in [3.63, 3.8) is 0 Å². The van der Waals surface area contributed by atoms with Crippen molar-refractivity contribution in [1.82, 2.24) is 0 Å². The number of alkyl halides is 3. The number of rotatable bonds is 3. The molecule has 0 aliphatic rings. The number of benzene rings is 2. The standard InChI is InChI=1S/C14H11F4NO/c15-12-6-5-10(7-11(12)14(16,17)18)20-8-9-3-1-2-4-13(9)19/h1-7H,8,19H2. The maximum absolute atomic E-state index is 13.1. The Hall–Kier alpha value is -2.24. The second-order valence-electron chi connectivity index (χ2n) is 4.13. The van der Waals surface area contributed by atoms with Crippen LogP contribution in [0.2, 0.25) is 0 Å². The highest BCUT2D eigenvalue weighted by Crippen LogP contribution is 2.33. The molecule has 2 nitrogen and oxygen atoms in total. The number of ether oxygens (including phenoxy) is 1. The highest BCUT2D eigenvalue weighted by molar-refractivity contribution is 5.46. The van der Waals surface area contributed by atoms with Crippen molar-refractivity contribution in [2.24, 2.45) is 0 Å². The zero-order valence-electron chi connectivity index (χ0n) is 10.2. The van der Waals surface area contributed by atoms with Crippen LogP contribution in [0.5, 0.6) is 5.75 Å². The molecule has 0 saturated heterocycles. The van der Waals surface area contributed by atoms with Gasteiger partial charge in [-0.05, 0) is 24.3 Å². The first-order valence-corrected chi connectivity index (χ1v) is 5.71. The highest BCUT2D eigenvalue weighted by Gasteiger charge is 2.34. The molecule has 0 amide bonds. The van der Waals surface area contributed by atoms with Crippen LogP contribution in [0.4, 0.5) is 23.2 Å². The van der Waals surface area contributed by atoms with Crippen molar-refractivity contribution >= 4 is 5.69 Å². The third kappa shape index (κ3) is 3.20. The average Bonchev–Trinajstić information content (AvgIpc) is 2.38. The van der Waals surface area contributed by atoms with E-state index in [1.165, 1.54) is 0 Å². The molecule has 0 aliphatic carbocycles. The van der Waals surface area contributed by atoms with Crippen LogP contribution >= 0.6 is 0 Å². The smallest absolute Gasteiger partial charge is 0.419 e. The second kappa shape index (κ2) is 5.40. The van der Waals surface area contributed by atoms with E-state index in [1.807, 2.05) is 0 Å². The van der Waals surface area contributed by atoms with Crippen molar-refractivity contribution in [3.8, 4) is 5.75 Å². The summed E-state index contributed by atoms with van der Waals surface area (Å²) in [6.45, 7) is 0.00953. The molecule has 0 heterocycles. The lowest BCUT2D eigenvalue weighted by molar-refractivity contribution is -0.140. The molecule has 0 radical (unpaired) electrons. The van der Waals surface area contributed by atoms with Crippen LogP contribution in [0.3, 0.4) is 0 Å². The topological polar surface area (TPSA) is 35.2 Å². The lowest BCUT2D eigenvalue weighted by Gasteiger charge is -2.12. The van der Waals surface area contributed by atoms with Gasteiger partial charge in [-0.15, -0.1) is 0 Å². The Kier molecular flexibility index (Phi) is 3.83. The fourth-order valence-electron chi connectivity index (χ4n) is 1.64. The molecule has 2 aromatic carbocycles. The normalized spacial score (nSPS) is 11.4. The zero-order valence-corrected chi connectivity index (χ0v) is 10.2. The number of anilines is 1. The lowest BCUT2D eigenvalue weighted by atomic mass is 10.2. The second-order valence-corrected chi connectivity index (χ2v) is 4.13. The Labute approximate surface area is 112 Å². The molecule has 20 heavy (non-hydrogen) atoms. The van der Waals surface area contributed by atoms with E-state index in [9.17, 15) is 17.6 Å². The van der Waals surface area contributed by atoms with Crippen LogP contribution in [-0.4, -0.2) is 0 Å². The molecule has 0 aromatic heterocycles. The summed E-state index contributed by atoms with van der Waals surface area (Å²) in [6, 6.07) is 9.33. The van der Waals surface area contributed by atoms with Crippen LogP contribution < -0.4 is 10.5 Å². The minimum Gasteiger partial charge on any atom is -0.489 e. The van der Waals surface area contributed by atoms with Gasteiger partial charge < -0.3 is 10.5 Å². The van der Waals surface area contributed by atoms with E-state index >= 15 is 0 Å². The number of para-hydroxylation sites is 1. The molecule has 2 aromatic rings. The summed E-state index contributed by atoms with van der Waals surface area (Å²) in [5.41, 5.74) is 5.46. The van der Waals surface area contributed by atoms with Gasteiger partial charge in [-0.25, -0.2) is 4.39 Å². The van der Waals surface area contributed by atoms with E-state index < -0.39 is 17.6 Å². The maximum atomic E-state index is 13.1. The van der Waals surface area contributed by atoms with E-state index in [-0.39, 0.29) is 12.4 Å². The molecule has 0 spiro atoms. The Morgan fingerprint density at radius 2 is 1.75 bits per heavy atom. The Bertz CT molecular complexity index is 610. The monoisotopic (exact) mass is 285 g/mol. The van der Waals surface area contributed by atoms with Gasteiger partial charge in [0.05, 0.1) is 5.56 Å². The number of hydrogen-bond donors (Lipinski definition) is 1. The van der Waals surface area contributed by atoms with E-state index in [2.05, 4.69) is 0 Å². The van der Waals surface area contributed by atoms with Crippen LogP contribution in [0.25, 0.3) is 0 Å². The summed E-state index contributed by atoms with van der Waals surface area (Å²) >= 11 is 0.